The Kier molecular flexibility index (Phi) is 5.99. The van der Waals surface area contributed by atoms with Crippen LogP contribution in [-0.2, 0) is 9.63 Å². The topological polar surface area (TPSA) is 110 Å². The molecule has 0 bridgehead atoms. The Morgan fingerprint density at radius 2 is 1.95 bits per heavy atom. The lowest BCUT2D eigenvalue weighted by Gasteiger charge is -2.04. The molecule has 0 saturated carbocycles. The molecule has 0 saturated heterocycles. The second-order valence-corrected chi connectivity index (χ2v) is 3.85. The normalized spacial score (nSPS) is 12.0. The summed E-state index contributed by atoms with van der Waals surface area (Å²) in [6.45, 7) is 5.50. The van der Waals surface area contributed by atoms with Crippen molar-refractivity contribution in [2.45, 2.75) is 20.8 Å². The Hall–Kier alpha value is -2.77. The third-order valence-electron chi connectivity index (χ3n) is 2.33. The Balaban J connectivity index is 2.94. The number of pyridine rings is 1. The first-order valence-electron chi connectivity index (χ1n) is 6.08. The molecule has 1 heterocycles. The predicted molar refractivity (Wildman–Crippen MR) is 74.7 cm³/mol. The molecule has 0 spiro atoms. The van der Waals surface area contributed by atoms with Gasteiger partial charge in [0.25, 0.3) is 11.7 Å². The minimum atomic E-state index is -1.59. The van der Waals surface area contributed by atoms with Crippen LogP contribution in [0.2, 0.25) is 0 Å². The van der Waals surface area contributed by atoms with E-state index < -0.39 is 11.8 Å². The Morgan fingerprint density at radius 1 is 1.29 bits per heavy atom. The maximum atomic E-state index is 11.5. The molecule has 0 aliphatic carbocycles. The molecule has 0 aromatic carbocycles. The van der Waals surface area contributed by atoms with Crippen molar-refractivity contribution in [1.29, 1.82) is 0 Å². The summed E-state index contributed by atoms with van der Waals surface area (Å²) < 4.78 is 0. The van der Waals surface area contributed by atoms with Crippen LogP contribution in [0.4, 0.5) is 0 Å². The first kappa shape index (κ1) is 16.3. The van der Waals surface area contributed by atoms with Crippen molar-refractivity contribution in [2.75, 3.05) is 6.61 Å². The number of carboxylic acids is 1. The highest BCUT2D eigenvalue weighted by atomic mass is 16.6. The molecule has 112 valence electrons. The lowest BCUT2D eigenvalue weighted by Crippen LogP contribution is -2.15. The van der Waals surface area contributed by atoms with Crippen LogP contribution in [0.25, 0.3) is 0 Å². The van der Waals surface area contributed by atoms with E-state index in [1.165, 1.54) is 18.3 Å². The van der Waals surface area contributed by atoms with Crippen LogP contribution in [0.1, 0.15) is 31.1 Å². The highest BCUT2D eigenvalue weighted by Gasteiger charge is 2.20. The highest BCUT2D eigenvalue weighted by molar-refractivity contribution is 6.41. The number of carbonyl (C=O) groups excluding carboxylic acids is 1. The fourth-order valence-corrected chi connectivity index (χ4v) is 1.16. The predicted octanol–water partition coefficient (Wildman–Crippen LogP) is 1.52. The number of rotatable bonds is 7. The molecule has 1 N–H and O–H groups in total. The zero-order valence-electron chi connectivity index (χ0n) is 11.9. The Morgan fingerprint density at radius 3 is 2.57 bits per heavy atom. The molecule has 0 radical (unpaired) electrons. The smallest absolute Gasteiger partial charge is 0.377 e. The molecule has 8 nitrogen and oxygen atoms in total. The van der Waals surface area contributed by atoms with Crippen molar-refractivity contribution in [2.24, 2.45) is 10.3 Å². The fraction of sp³-hybridized carbons (Fsp3) is 0.308. The summed E-state index contributed by atoms with van der Waals surface area (Å²) in [5.41, 5.74) is 0.711. The number of carboxylic acid groups (broad SMARTS) is 1. The van der Waals surface area contributed by atoms with Gasteiger partial charge in [-0.2, -0.15) is 0 Å². The number of carbonyl (C=O) groups is 2. The second-order valence-electron chi connectivity index (χ2n) is 3.85. The van der Waals surface area contributed by atoms with Gasteiger partial charge in [0.15, 0.2) is 0 Å². The van der Waals surface area contributed by atoms with Gasteiger partial charge in [0.05, 0.1) is 5.56 Å². The fourth-order valence-electron chi connectivity index (χ4n) is 1.16. The largest absolute Gasteiger partial charge is 0.475 e. The summed E-state index contributed by atoms with van der Waals surface area (Å²) in [5, 5.41) is 16.2. The lowest BCUT2D eigenvalue weighted by atomic mass is 10.2. The average molecular weight is 293 g/mol. The van der Waals surface area contributed by atoms with Gasteiger partial charge in [-0.1, -0.05) is 10.3 Å². The van der Waals surface area contributed by atoms with Crippen molar-refractivity contribution in [3.05, 3.63) is 23.9 Å². The van der Waals surface area contributed by atoms with E-state index in [-0.39, 0.29) is 11.4 Å². The molecule has 1 aromatic rings. The average Bonchev–Trinajstić information content (AvgIpc) is 2.49. The molecule has 8 heteroatoms. The summed E-state index contributed by atoms with van der Waals surface area (Å²) in [7, 11) is 0. The minimum absolute atomic E-state index is 0.180. The first-order chi connectivity index (χ1) is 9.97. The molecule has 0 unspecified atom stereocenters. The summed E-state index contributed by atoms with van der Waals surface area (Å²) in [6, 6.07) is 2.73. The summed E-state index contributed by atoms with van der Waals surface area (Å²) in [4.78, 5) is 35.9. The van der Waals surface area contributed by atoms with Crippen molar-refractivity contribution in [1.82, 2.24) is 4.98 Å². The molecule has 0 aliphatic rings. The number of Topliss-reactive ketones (excluding diaryl/α,β-unsaturated/α-hetero) is 1. The van der Waals surface area contributed by atoms with E-state index in [1.54, 1.807) is 20.8 Å². The van der Waals surface area contributed by atoms with Gasteiger partial charge in [-0.3, -0.25) is 4.79 Å². The molecule has 1 rings (SSSR count). The third-order valence-corrected chi connectivity index (χ3v) is 2.33. The highest BCUT2D eigenvalue weighted by Crippen LogP contribution is 2.15. The van der Waals surface area contributed by atoms with Crippen molar-refractivity contribution >= 4 is 23.2 Å². The van der Waals surface area contributed by atoms with E-state index in [1.807, 2.05) is 0 Å². The monoisotopic (exact) mass is 293 g/mol. The van der Waals surface area contributed by atoms with Crippen LogP contribution in [0.5, 0.6) is 5.88 Å². The molecule has 0 amide bonds. The van der Waals surface area contributed by atoms with Crippen molar-refractivity contribution in [3.8, 4) is 5.88 Å². The van der Waals surface area contributed by atoms with E-state index in [2.05, 4.69) is 15.3 Å². The van der Waals surface area contributed by atoms with E-state index in [4.69, 9.17) is 14.8 Å². The van der Waals surface area contributed by atoms with Gasteiger partial charge < -0.3 is 14.8 Å². The van der Waals surface area contributed by atoms with Crippen LogP contribution in [0.3, 0.4) is 0 Å². The van der Waals surface area contributed by atoms with Gasteiger partial charge in [0.2, 0.25) is 0 Å². The molecule has 0 fully saturated rings. The van der Waals surface area contributed by atoms with Gasteiger partial charge >= 0.3 is 5.97 Å². The summed E-state index contributed by atoms with van der Waals surface area (Å²) >= 11 is 0. The quantitative estimate of drug-likeness (QED) is 0.353. The van der Waals surface area contributed by atoms with E-state index in [9.17, 15) is 9.59 Å². The van der Waals surface area contributed by atoms with Gasteiger partial charge in [-0.25, -0.2) is 9.78 Å². The molecule has 1 aromatic heterocycles. The SMILES string of the molecule is CCO/N=C(C)\C(C)=N\Oc1ncccc1C(=O)C(=O)O. The number of aromatic nitrogens is 1. The van der Waals surface area contributed by atoms with Crippen LogP contribution < -0.4 is 4.84 Å². The van der Waals surface area contributed by atoms with Crippen LogP contribution in [-0.4, -0.2) is 39.9 Å². The summed E-state index contributed by atoms with van der Waals surface area (Å²) in [6.07, 6.45) is 1.36. The number of ketones is 1. The molecular formula is C13H15N3O5. The number of nitrogens with zero attached hydrogens (tertiary/aromatic N) is 3. The van der Waals surface area contributed by atoms with Crippen molar-refractivity contribution in [3.63, 3.8) is 0 Å². The van der Waals surface area contributed by atoms with Crippen LogP contribution in [0, 0.1) is 0 Å². The van der Waals surface area contributed by atoms with Crippen LogP contribution >= 0.6 is 0 Å². The standard InChI is InChI=1S/C13H15N3O5/c1-4-20-15-8(2)9(3)16-21-12-10(6-5-7-14-12)11(17)13(18)19/h5-7H,4H2,1-3H3,(H,18,19)/b15-8-,16-9+. The molecule has 0 atom stereocenters. The third kappa shape index (κ3) is 4.68. The number of aliphatic carboxylic acids is 1. The number of hydrogen-bond acceptors (Lipinski definition) is 7. The first-order valence-corrected chi connectivity index (χ1v) is 6.08. The van der Waals surface area contributed by atoms with Crippen molar-refractivity contribution < 1.29 is 24.4 Å². The van der Waals surface area contributed by atoms with E-state index in [0.29, 0.717) is 18.0 Å². The molecule has 0 aliphatic heterocycles. The maximum absolute atomic E-state index is 11.5. The molecular weight excluding hydrogens is 278 g/mol. The zero-order chi connectivity index (χ0) is 15.8. The zero-order valence-corrected chi connectivity index (χ0v) is 11.9. The summed E-state index contributed by atoms with van der Waals surface area (Å²) in [5.74, 6) is -2.90. The van der Waals surface area contributed by atoms with E-state index >= 15 is 0 Å². The lowest BCUT2D eigenvalue weighted by molar-refractivity contribution is -0.131. The van der Waals surface area contributed by atoms with Crippen LogP contribution in [0.15, 0.2) is 28.6 Å². The van der Waals surface area contributed by atoms with Gasteiger partial charge in [0, 0.05) is 6.20 Å². The maximum Gasteiger partial charge on any atom is 0.377 e. The molecule has 21 heavy (non-hydrogen) atoms. The number of oxime groups is 2. The van der Waals surface area contributed by atoms with Gasteiger partial charge in [-0.05, 0) is 32.9 Å². The number of hydrogen-bond donors (Lipinski definition) is 1. The van der Waals surface area contributed by atoms with Gasteiger partial charge in [-0.15, -0.1) is 0 Å². The minimum Gasteiger partial charge on any atom is -0.475 e. The Labute approximate surface area is 121 Å². The van der Waals surface area contributed by atoms with E-state index in [0.717, 1.165) is 0 Å². The Bertz CT molecular complexity index is 595. The van der Waals surface area contributed by atoms with Gasteiger partial charge in [0.1, 0.15) is 18.0 Å². The second kappa shape index (κ2) is 7.73.